The van der Waals surface area contributed by atoms with Crippen LogP contribution in [0, 0.1) is 13.0 Å². The molecule has 13 heavy (non-hydrogen) atoms. The Morgan fingerprint density at radius 3 is 2.69 bits per heavy atom. The van der Waals surface area contributed by atoms with Gasteiger partial charge in [-0.1, -0.05) is 12.1 Å². The highest BCUT2D eigenvalue weighted by atomic mass is 32.2. The fourth-order valence-electron chi connectivity index (χ4n) is 0.808. The van der Waals surface area contributed by atoms with Crippen molar-refractivity contribution in [3.63, 3.8) is 0 Å². The molecule has 71 valence electrons. The number of thioether (sulfide) groups is 1. The summed E-state index contributed by atoms with van der Waals surface area (Å²) in [5.74, 6) is -0.842. The Hall–Kier alpha value is -0.640. The molecule has 0 aromatic heterocycles. The lowest BCUT2D eigenvalue weighted by Crippen LogP contribution is -2.10. The number of rotatable bonds is 2. The fraction of sp³-hybridized carbons (Fsp3) is 0.333. The fourth-order valence-corrected chi connectivity index (χ4v) is 1.57. The second-order valence-electron chi connectivity index (χ2n) is 2.60. The summed E-state index contributed by atoms with van der Waals surface area (Å²) in [6, 6.07) is 7.76. The van der Waals surface area contributed by atoms with Crippen LogP contribution in [0.1, 0.15) is 5.56 Å². The molecule has 0 saturated carbocycles. The van der Waals surface area contributed by atoms with E-state index in [0.717, 1.165) is 17.3 Å². The van der Waals surface area contributed by atoms with E-state index in [4.69, 9.17) is 0 Å². The van der Waals surface area contributed by atoms with Crippen molar-refractivity contribution in [2.45, 2.75) is 18.0 Å². The molecular weight excluding hydrogens is 197 g/mol. The van der Waals surface area contributed by atoms with Gasteiger partial charge in [0.25, 0.3) is 0 Å². The van der Waals surface area contributed by atoms with Crippen LogP contribution in [0.25, 0.3) is 0 Å². The van der Waals surface area contributed by atoms with Crippen molar-refractivity contribution in [3.05, 3.63) is 29.8 Å². The molecule has 1 rings (SSSR count). The Kier molecular flexibility index (Phi) is 3.25. The van der Waals surface area contributed by atoms with E-state index >= 15 is 0 Å². The molecule has 0 bridgehead atoms. The van der Waals surface area contributed by atoms with Gasteiger partial charge in [0, 0.05) is 4.90 Å². The van der Waals surface area contributed by atoms with Crippen LogP contribution in [-0.4, -0.2) is 11.9 Å². The Balaban J connectivity index is 2.60. The van der Waals surface area contributed by atoms with Crippen LogP contribution < -0.4 is 0 Å². The number of alkyl halides is 3. The zero-order chi connectivity index (χ0) is 9.90. The van der Waals surface area contributed by atoms with Crippen molar-refractivity contribution < 1.29 is 13.2 Å². The molecule has 0 N–H and O–H groups in total. The Bertz CT molecular complexity index is 280. The van der Waals surface area contributed by atoms with Gasteiger partial charge in [-0.05, 0) is 24.6 Å². The predicted octanol–water partition coefficient (Wildman–Crippen LogP) is 3.45. The van der Waals surface area contributed by atoms with Crippen LogP contribution in [0.2, 0.25) is 0 Å². The number of hydrogen-bond acceptors (Lipinski definition) is 1. The molecule has 1 radical (unpaired) electrons. The highest BCUT2D eigenvalue weighted by Gasteiger charge is 2.27. The average molecular weight is 205 g/mol. The molecule has 0 saturated heterocycles. The molecule has 1 aromatic carbocycles. The highest BCUT2D eigenvalue weighted by Crippen LogP contribution is 2.28. The zero-order valence-electron chi connectivity index (χ0n) is 6.98. The first-order valence-corrected chi connectivity index (χ1v) is 4.64. The normalized spacial score (nSPS) is 11.7. The average Bonchev–Trinajstić information content (AvgIpc) is 2.01. The van der Waals surface area contributed by atoms with E-state index in [1.165, 1.54) is 0 Å². The van der Waals surface area contributed by atoms with Gasteiger partial charge in [0.1, 0.15) is 0 Å². The minimum Gasteiger partial charge on any atom is -0.170 e. The predicted molar refractivity (Wildman–Crippen MR) is 46.8 cm³/mol. The first-order chi connectivity index (χ1) is 5.99. The van der Waals surface area contributed by atoms with Crippen molar-refractivity contribution in [1.82, 2.24) is 0 Å². The van der Waals surface area contributed by atoms with Crippen LogP contribution in [0.15, 0.2) is 23.1 Å². The number of benzene rings is 1. The van der Waals surface area contributed by atoms with Crippen LogP contribution in [0.3, 0.4) is 0 Å². The first-order valence-electron chi connectivity index (χ1n) is 3.65. The van der Waals surface area contributed by atoms with Crippen LogP contribution in [-0.2, 0) is 0 Å². The van der Waals surface area contributed by atoms with E-state index in [9.17, 15) is 13.2 Å². The van der Waals surface area contributed by atoms with Crippen molar-refractivity contribution in [3.8, 4) is 0 Å². The summed E-state index contributed by atoms with van der Waals surface area (Å²) in [7, 11) is 0. The maximum atomic E-state index is 11.8. The molecular formula is C9H8F3S. The summed E-state index contributed by atoms with van der Waals surface area (Å²) in [5.41, 5.74) is 0.855. The van der Waals surface area contributed by atoms with E-state index < -0.39 is 11.9 Å². The minimum absolute atomic E-state index is 0.639. The van der Waals surface area contributed by atoms with Gasteiger partial charge in [-0.3, -0.25) is 0 Å². The lowest BCUT2D eigenvalue weighted by atomic mass is 10.2. The molecule has 0 atom stereocenters. The van der Waals surface area contributed by atoms with Crippen molar-refractivity contribution in [2.24, 2.45) is 0 Å². The smallest absolute Gasteiger partial charge is 0.170 e. The molecule has 0 nitrogen and oxygen atoms in total. The summed E-state index contributed by atoms with van der Waals surface area (Å²) in [6.07, 6.45) is -4.10. The van der Waals surface area contributed by atoms with Gasteiger partial charge in [0.2, 0.25) is 0 Å². The summed E-state index contributed by atoms with van der Waals surface area (Å²) in [4.78, 5) is 0.639. The first kappa shape index (κ1) is 10.4. The summed E-state index contributed by atoms with van der Waals surface area (Å²) < 4.78 is 35.5. The molecule has 0 spiro atoms. The molecule has 1 aromatic rings. The molecule has 0 aliphatic heterocycles. The third-order valence-corrected chi connectivity index (χ3v) is 2.65. The van der Waals surface area contributed by atoms with E-state index in [1.807, 2.05) is 0 Å². The monoisotopic (exact) mass is 205 g/mol. The van der Waals surface area contributed by atoms with Gasteiger partial charge in [-0.25, -0.2) is 0 Å². The largest absolute Gasteiger partial charge is 0.398 e. The molecule has 0 aliphatic rings. The highest BCUT2D eigenvalue weighted by molar-refractivity contribution is 7.99. The number of aryl methyl sites for hydroxylation is 1. The molecule has 0 amide bonds. The third-order valence-electron chi connectivity index (χ3n) is 1.42. The quantitative estimate of drug-likeness (QED) is 0.666. The standard InChI is InChI=1S/C9H8F3S/c1-7-4-2-3-5-8(7)13-6-9(10,11)12/h2,4-5H,6H2,1H3. The van der Waals surface area contributed by atoms with Gasteiger partial charge in [0.05, 0.1) is 5.75 Å². The van der Waals surface area contributed by atoms with Gasteiger partial charge >= 0.3 is 6.18 Å². The van der Waals surface area contributed by atoms with E-state index in [2.05, 4.69) is 6.07 Å². The van der Waals surface area contributed by atoms with E-state index in [0.29, 0.717) is 4.90 Å². The summed E-state index contributed by atoms with van der Waals surface area (Å²) in [5, 5.41) is 0. The Labute approximate surface area is 79.1 Å². The second kappa shape index (κ2) is 4.05. The van der Waals surface area contributed by atoms with Crippen LogP contribution in [0.5, 0.6) is 0 Å². The lowest BCUT2D eigenvalue weighted by Gasteiger charge is -2.07. The molecule has 4 heteroatoms. The SMILES string of the molecule is Cc1cc[c]cc1SCC(F)(F)F. The van der Waals surface area contributed by atoms with Crippen LogP contribution in [0.4, 0.5) is 13.2 Å². The van der Waals surface area contributed by atoms with E-state index in [-0.39, 0.29) is 0 Å². The van der Waals surface area contributed by atoms with E-state index in [1.54, 1.807) is 25.1 Å². The molecule has 0 aliphatic carbocycles. The zero-order valence-corrected chi connectivity index (χ0v) is 7.80. The molecule has 0 unspecified atom stereocenters. The summed E-state index contributed by atoms with van der Waals surface area (Å²) >= 11 is 0.798. The van der Waals surface area contributed by atoms with Gasteiger partial charge in [-0.2, -0.15) is 13.2 Å². The topological polar surface area (TPSA) is 0 Å². The molecule has 0 heterocycles. The Morgan fingerprint density at radius 1 is 1.46 bits per heavy atom. The maximum Gasteiger partial charge on any atom is 0.398 e. The van der Waals surface area contributed by atoms with Crippen molar-refractivity contribution in [1.29, 1.82) is 0 Å². The maximum absolute atomic E-state index is 11.8. The Morgan fingerprint density at radius 2 is 2.15 bits per heavy atom. The third kappa shape index (κ3) is 3.72. The van der Waals surface area contributed by atoms with Crippen LogP contribution >= 0.6 is 11.8 Å². The summed E-state index contributed by atoms with van der Waals surface area (Å²) in [6.45, 7) is 1.78. The van der Waals surface area contributed by atoms with Gasteiger partial charge < -0.3 is 0 Å². The van der Waals surface area contributed by atoms with Crippen molar-refractivity contribution in [2.75, 3.05) is 5.75 Å². The number of hydrogen-bond donors (Lipinski definition) is 0. The van der Waals surface area contributed by atoms with Gasteiger partial charge in [-0.15, -0.1) is 11.8 Å². The molecule has 0 fully saturated rings. The van der Waals surface area contributed by atoms with Crippen molar-refractivity contribution >= 4 is 11.8 Å². The lowest BCUT2D eigenvalue weighted by molar-refractivity contribution is -0.105. The second-order valence-corrected chi connectivity index (χ2v) is 3.61. The minimum atomic E-state index is -4.10. The number of halogens is 3. The van der Waals surface area contributed by atoms with Gasteiger partial charge in [0.15, 0.2) is 0 Å².